The van der Waals surface area contributed by atoms with Gasteiger partial charge in [0.1, 0.15) is 18.2 Å². The predicted molar refractivity (Wildman–Crippen MR) is 155 cm³/mol. The van der Waals surface area contributed by atoms with Crippen molar-refractivity contribution in [2.24, 2.45) is 23.7 Å². The molecule has 4 fully saturated rings. The molecule has 0 aliphatic heterocycles. The van der Waals surface area contributed by atoms with Crippen molar-refractivity contribution >= 4 is 28.9 Å². The molecule has 3 aromatic rings. The molecule has 0 saturated heterocycles. The number of aromatic amines is 1. The molecule has 4 aliphatic carbocycles. The summed E-state index contributed by atoms with van der Waals surface area (Å²) in [5.74, 6) is 1.62. The van der Waals surface area contributed by atoms with Gasteiger partial charge in [-0.25, -0.2) is 4.79 Å². The number of ether oxygens (including phenoxy) is 2. The number of hydrogen-bond acceptors (Lipinski definition) is 5. The van der Waals surface area contributed by atoms with Crippen molar-refractivity contribution in [3.8, 4) is 0 Å². The van der Waals surface area contributed by atoms with Crippen LogP contribution in [0.1, 0.15) is 56.6 Å². The van der Waals surface area contributed by atoms with Crippen LogP contribution in [0.4, 0.5) is 4.79 Å². The zero-order chi connectivity index (χ0) is 28.4. The largest absolute Gasteiger partial charge is 0.461 e. The maximum absolute atomic E-state index is 13.6. The van der Waals surface area contributed by atoms with Gasteiger partial charge in [0.15, 0.2) is 0 Å². The SMILES string of the molecule is CC(Cc1c[nH]c2ccccc12)(NC(=O)OC1C2CC3CC(C2)CC1C3)C(=O)NCCC(=O)OCc1ccccc1. The Hall–Kier alpha value is -3.81. The lowest BCUT2D eigenvalue weighted by atomic mass is 9.55. The van der Waals surface area contributed by atoms with Crippen LogP contribution in [-0.4, -0.2) is 41.1 Å². The number of hydrogen-bond donors (Lipinski definition) is 3. The first-order chi connectivity index (χ1) is 19.9. The fourth-order valence-corrected chi connectivity index (χ4v) is 7.57. The van der Waals surface area contributed by atoms with Crippen LogP contribution < -0.4 is 10.6 Å². The summed E-state index contributed by atoms with van der Waals surface area (Å²) in [6.07, 6.45) is 7.41. The summed E-state index contributed by atoms with van der Waals surface area (Å²) in [4.78, 5) is 42.5. The Morgan fingerprint density at radius 3 is 2.34 bits per heavy atom. The zero-order valence-corrected chi connectivity index (χ0v) is 23.6. The van der Waals surface area contributed by atoms with Gasteiger partial charge in [-0.1, -0.05) is 48.5 Å². The summed E-state index contributed by atoms with van der Waals surface area (Å²) in [6, 6.07) is 17.3. The molecule has 4 saturated carbocycles. The molecule has 4 bridgehead atoms. The monoisotopic (exact) mass is 557 g/mol. The number of carbonyl (C=O) groups excluding carboxylic acids is 3. The third kappa shape index (κ3) is 6.11. The van der Waals surface area contributed by atoms with E-state index in [4.69, 9.17) is 9.47 Å². The van der Waals surface area contributed by atoms with E-state index in [1.54, 1.807) is 6.92 Å². The molecule has 1 heterocycles. The Balaban J connectivity index is 1.10. The van der Waals surface area contributed by atoms with Gasteiger partial charge in [0.05, 0.1) is 6.42 Å². The van der Waals surface area contributed by atoms with E-state index in [2.05, 4.69) is 15.6 Å². The molecule has 3 N–H and O–H groups in total. The summed E-state index contributed by atoms with van der Waals surface area (Å²) < 4.78 is 11.4. The Labute approximate surface area is 240 Å². The van der Waals surface area contributed by atoms with Crippen molar-refractivity contribution in [1.82, 2.24) is 15.6 Å². The minimum Gasteiger partial charge on any atom is -0.461 e. The van der Waals surface area contributed by atoms with Crippen molar-refractivity contribution in [2.75, 3.05) is 6.54 Å². The van der Waals surface area contributed by atoms with E-state index in [0.29, 0.717) is 11.8 Å². The molecule has 1 atom stereocenters. The molecule has 2 amide bonds. The van der Waals surface area contributed by atoms with Gasteiger partial charge in [0.25, 0.3) is 0 Å². The number of carbonyl (C=O) groups is 3. The van der Waals surface area contributed by atoms with E-state index < -0.39 is 17.6 Å². The van der Waals surface area contributed by atoms with Crippen LogP contribution in [0.15, 0.2) is 60.8 Å². The third-order valence-corrected chi connectivity index (χ3v) is 9.34. The van der Waals surface area contributed by atoms with Crippen molar-refractivity contribution < 1.29 is 23.9 Å². The number of alkyl carbamates (subject to hydrolysis) is 1. The van der Waals surface area contributed by atoms with Gasteiger partial charge in [-0.05, 0) is 79.9 Å². The molecule has 8 nitrogen and oxygen atoms in total. The fraction of sp³-hybridized carbons (Fsp3) is 0.485. The van der Waals surface area contributed by atoms with E-state index in [9.17, 15) is 14.4 Å². The Kier molecular flexibility index (Phi) is 7.73. The van der Waals surface area contributed by atoms with Crippen LogP contribution in [0, 0.1) is 23.7 Å². The average Bonchev–Trinajstić information content (AvgIpc) is 3.36. The van der Waals surface area contributed by atoms with Gasteiger partial charge in [-0.2, -0.15) is 0 Å². The lowest BCUT2D eigenvalue weighted by Gasteiger charge is -2.53. The van der Waals surface area contributed by atoms with Crippen LogP contribution in [0.25, 0.3) is 10.9 Å². The maximum Gasteiger partial charge on any atom is 0.408 e. The normalized spacial score (nSPS) is 25.8. The number of fused-ring (bicyclic) bond motifs is 1. The predicted octanol–water partition coefficient (Wildman–Crippen LogP) is 5.27. The minimum absolute atomic E-state index is 0.0277. The second-order valence-corrected chi connectivity index (χ2v) is 12.4. The number of aromatic nitrogens is 1. The van der Waals surface area contributed by atoms with Crippen LogP contribution in [0.5, 0.6) is 0 Å². The van der Waals surface area contributed by atoms with Crippen LogP contribution in [-0.2, 0) is 32.1 Å². The smallest absolute Gasteiger partial charge is 0.408 e. The molecule has 0 spiro atoms. The highest BCUT2D eigenvalue weighted by Gasteiger charge is 2.50. The summed E-state index contributed by atoms with van der Waals surface area (Å²) in [7, 11) is 0. The Morgan fingerprint density at radius 1 is 0.927 bits per heavy atom. The highest BCUT2D eigenvalue weighted by atomic mass is 16.6. The summed E-state index contributed by atoms with van der Waals surface area (Å²) >= 11 is 0. The third-order valence-electron chi connectivity index (χ3n) is 9.34. The maximum atomic E-state index is 13.6. The quantitative estimate of drug-likeness (QED) is 0.294. The van der Waals surface area contributed by atoms with E-state index in [0.717, 1.165) is 59.5 Å². The van der Waals surface area contributed by atoms with Crippen LogP contribution in [0.3, 0.4) is 0 Å². The molecule has 1 aromatic heterocycles. The topological polar surface area (TPSA) is 110 Å². The van der Waals surface area contributed by atoms with Gasteiger partial charge < -0.3 is 25.1 Å². The first kappa shape index (κ1) is 27.4. The van der Waals surface area contributed by atoms with E-state index in [-0.39, 0.29) is 38.0 Å². The van der Waals surface area contributed by atoms with Crippen molar-refractivity contribution in [3.63, 3.8) is 0 Å². The summed E-state index contributed by atoms with van der Waals surface area (Å²) in [6.45, 7) is 2.00. The number of para-hydroxylation sites is 1. The van der Waals surface area contributed by atoms with E-state index >= 15 is 0 Å². The second-order valence-electron chi connectivity index (χ2n) is 12.4. The molecule has 2 aromatic carbocycles. The summed E-state index contributed by atoms with van der Waals surface area (Å²) in [5, 5.41) is 6.78. The fourth-order valence-electron chi connectivity index (χ4n) is 7.57. The van der Waals surface area contributed by atoms with Crippen molar-refractivity contribution in [1.29, 1.82) is 0 Å². The van der Waals surface area contributed by atoms with Crippen LogP contribution in [0.2, 0.25) is 0 Å². The molecular weight excluding hydrogens is 518 g/mol. The second kappa shape index (κ2) is 11.6. The van der Waals surface area contributed by atoms with Gasteiger partial charge in [-0.3, -0.25) is 9.59 Å². The van der Waals surface area contributed by atoms with E-state index in [1.165, 1.54) is 6.42 Å². The van der Waals surface area contributed by atoms with E-state index in [1.807, 2.05) is 60.8 Å². The first-order valence-corrected chi connectivity index (χ1v) is 14.9. The highest BCUT2D eigenvalue weighted by molar-refractivity contribution is 5.91. The lowest BCUT2D eigenvalue weighted by molar-refractivity contribution is -0.144. The molecule has 41 heavy (non-hydrogen) atoms. The molecule has 1 unspecified atom stereocenters. The molecule has 8 heteroatoms. The number of amides is 2. The van der Waals surface area contributed by atoms with Gasteiger partial charge in [-0.15, -0.1) is 0 Å². The molecule has 4 aliphatic rings. The number of H-pyrrole nitrogens is 1. The van der Waals surface area contributed by atoms with Crippen LogP contribution >= 0.6 is 0 Å². The molecule has 216 valence electrons. The van der Waals surface area contributed by atoms with Gasteiger partial charge in [0.2, 0.25) is 5.91 Å². The number of rotatable bonds is 10. The first-order valence-electron chi connectivity index (χ1n) is 14.9. The standard InChI is InChI=1S/C33H39N3O5/c1-33(18-26-19-35-28-10-6-5-9-27(26)28,31(38)34-12-11-29(37)40-20-21-7-3-2-4-8-21)36-32(39)41-30-24-14-22-13-23(16-24)17-25(30)15-22/h2-10,19,22-25,30,35H,11-18,20H2,1H3,(H,34,38)(H,36,39). The lowest BCUT2D eigenvalue weighted by Crippen LogP contribution is -2.60. The minimum atomic E-state index is -1.29. The Bertz CT molecular complexity index is 1370. The number of esters is 1. The summed E-state index contributed by atoms with van der Waals surface area (Å²) in [5.41, 5.74) is 1.48. The van der Waals surface area contributed by atoms with Crippen molar-refractivity contribution in [2.45, 2.75) is 70.1 Å². The molecule has 7 rings (SSSR count). The van der Waals surface area contributed by atoms with Crippen molar-refractivity contribution in [3.05, 3.63) is 71.9 Å². The average molecular weight is 558 g/mol. The zero-order valence-electron chi connectivity index (χ0n) is 23.6. The highest BCUT2D eigenvalue weighted by Crippen LogP contribution is 2.54. The number of nitrogens with one attached hydrogen (secondary N) is 3. The number of benzene rings is 2. The molecule has 0 radical (unpaired) electrons. The Morgan fingerprint density at radius 2 is 1.61 bits per heavy atom. The molecular formula is C33H39N3O5. The van der Waals surface area contributed by atoms with Gasteiger partial charge in [0, 0.05) is 30.1 Å². The van der Waals surface area contributed by atoms with Gasteiger partial charge >= 0.3 is 12.1 Å².